The van der Waals surface area contributed by atoms with Crippen LogP contribution in [0.5, 0.6) is 0 Å². The Morgan fingerprint density at radius 1 is 0.513 bits per heavy atom. The van der Waals surface area contributed by atoms with Gasteiger partial charge in [-0.15, -0.1) is 12.4 Å². The van der Waals surface area contributed by atoms with Crippen molar-refractivity contribution in [2.24, 2.45) is 64.1 Å². The number of carbonyl (C=O) groups excluding carboxylic acids is 6. The number of aliphatic carboxylic acids is 1. The number of nitrogens with two attached hydrogens (primary N) is 1. The molecule has 14 aliphatic rings. The van der Waals surface area contributed by atoms with Gasteiger partial charge in [0.05, 0.1) is 25.0 Å². The number of aldehydes is 1. The molecule has 6 fully saturated rings. The third kappa shape index (κ3) is 36.4. The molecule has 18 nitrogen and oxygen atoms in total. The third-order valence-electron chi connectivity index (χ3n) is 20.1. The number of allylic oxidation sites excluding steroid dienone is 30. The number of hydrogen-bond donors (Lipinski definition) is 4. The molecule has 26 heteroatoms. The highest BCUT2D eigenvalue weighted by molar-refractivity contribution is 9.12. The molecule has 0 heterocycles. The average molecular weight is 1960 g/mol. The van der Waals surface area contributed by atoms with Crippen LogP contribution in [0, 0.1) is 53.3 Å². The number of azide groups is 1. The normalized spacial score (nSPS) is 25.9. The standard InChI is InChI=1S/C15H23NO2.C13H18BrNO2.C11H13BrO2.C10H11BrO2.C10H15N.C9H8BrN3O.C9H9BrO2.C6H5BrO.C4H11B.ClH/c1-5-10-6-7-11(8-10)12-9-13(12)16-14(17)18-15(2,3)4;1-13(2,3)17-12(16)15-11-7-10(11)8-4-5-9(14)6-8;1-2-14-11(13)10-6-9(10)7-3-4-8(12)5-7;1-2-13-10(12)6-4-8-3-5-9(11)7-8;1-2-7-3-4-8(5-7)9-6-10(9)11;10-6-2-1-5(3-6)7-4-8(7)9(14)12-13-11;10-6-2-1-5(3-6)7-4-8(7)9(11)12;7-6-2-1-5(3-6)4-8;1-4-5(2)3;/h6-7,12-13H,5,8-9H2,1-4H3,(H,16,17);4-5,10-11H,6-7H2,1-3H3,(H,15,16);3-4,9-10H,2,5-6H2,1H3;3-6H,2,7H2,1H3;3-4,9-10H,2,5-6,11H2,1H3;1-2,7-8H,3-4H2;1-2,7-8H,3-4H2,(H,11,12);1-2,4H,3H2;4H2,1-3H3;1H/b;;;6-4+;;;;;;/t12-,13+;10-,11+;9-,10+;;9-,10+;2*7-,8+;;;/m111.111.../s1. The van der Waals surface area contributed by atoms with Crippen molar-refractivity contribution in [1.82, 2.24) is 10.6 Å². The van der Waals surface area contributed by atoms with Crippen molar-refractivity contribution in [1.29, 1.82) is 0 Å². The molecule has 0 spiro atoms. The van der Waals surface area contributed by atoms with E-state index in [9.17, 15) is 33.6 Å². The van der Waals surface area contributed by atoms with Crippen molar-refractivity contribution in [2.75, 3.05) is 13.2 Å². The van der Waals surface area contributed by atoms with E-state index in [4.69, 9.17) is 35.3 Å². The molecule has 0 radical (unpaired) electrons. The number of rotatable bonds is 19. The summed E-state index contributed by atoms with van der Waals surface area (Å²) in [6, 6.07) is 1.00. The molecule has 0 bridgehead atoms. The first-order valence-corrected chi connectivity index (χ1v) is 43.9. The number of esters is 2. The Hall–Kier alpha value is -5.63. The Bertz CT molecular complexity index is 4080. The number of nitrogens with one attached hydrogen (secondary N) is 2. The molecule has 6 saturated carbocycles. The molecule has 14 rings (SSSR count). The van der Waals surface area contributed by atoms with Crippen molar-refractivity contribution >= 4 is 157 Å². The van der Waals surface area contributed by atoms with Crippen molar-refractivity contribution in [3.8, 4) is 0 Å². The van der Waals surface area contributed by atoms with E-state index in [1.54, 1.807) is 24.1 Å². The van der Waals surface area contributed by atoms with E-state index in [1.165, 1.54) is 74.1 Å². The van der Waals surface area contributed by atoms with E-state index < -0.39 is 17.2 Å². The smallest absolute Gasteiger partial charge is 0.407 e. The summed E-state index contributed by atoms with van der Waals surface area (Å²) in [5.41, 5.74) is 26.4. The van der Waals surface area contributed by atoms with Gasteiger partial charge in [-0.2, -0.15) is 0 Å². The Morgan fingerprint density at radius 3 is 1.19 bits per heavy atom. The summed E-state index contributed by atoms with van der Waals surface area (Å²) in [6.07, 6.45) is 53.9. The zero-order chi connectivity index (χ0) is 82.7. The van der Waals surface area contributed by atoms with E-state index in [-0.39, 0.29) is 72.3 Å². The molecule has 0 aromatic heterocycles. The van der Waals surface area contributed by atoms with E-state index in [1.807, 2.05) is 97.1 Å². The van der Waals surface area contributed by atoms with Gasteiger partial charge in [0.2, 0.25) is 5.91 Å². The minimum atomic E-state index is -0.649. The first-order valence-electron chi connectivity index (χ1n) is 39.1. The van der Waals surface area contributed by atoms with Gasteiger partial charge >= 0.3 is 30.1 Å². The number of carboxylic acid groups (broad SMARTS) is 1. The second-order valence-electron chi connectivity index (χ2n) is 32.1. The zero-order valence-electron chi connectivity index (χ0n) is 67.4. The summed E-state index contributed by atoms with van der Waals surface area (Å²) in [7, 11) is 0. The number of halogens is 7. The topological polar surface area (TPSA) is 275 Å². The van der Waals surface area contributed by atoms with Gasteiger partial charge in [0.1, 0.15) is 24.2 Å². The SMILES string of the molecule is CC(C)(C)OC(=O)N[C@H]1C[C@@H]1C1=CC=C(Br)C1.CCB(C)C.CCC1=CC=C([C@H]2C[C@@H]2N)C1.CCC1=CC=C([C@H]2C[C@@H]2NC(=O)OC(C)(C)C)C1.CCOC(=O)/C=C/C1=CC=C(Br)C1.CCOC(=O)[C@H]1C[C@@H]1C1=CC=C(Br)C1.Cl.O=C(O)[C@H]1C[C@@H]1C1=CC=C(Br)C1.O=CC1=CC=C(Br)C1.[N-]=[N+]=NC(=O)[C@H]1C[C@@H]1C1=CC=C(Br)C1. The lowest BCUT2D eigenvalue weighted by atomic mass is 9.53. The van der Waals surface area contributed by atoms with Gasteiger partial charge in [0.25, 0.3) is 0 Å². The van der Waals surface area contributed by atoms with Crippen molar-refractivity contribution in [3.05, 3.63) is 202 Å². The van der Waals surface area contributed by atoms with E-state index >= 15 is 0 Å². The predicted octanol–water partition coefficient (Wildman–Crippen LogP) is 23.9. The van der Waals surface area contributed by atoms with Crippen LogP contribution in [0.3, 0.4) is 0 Å². The van der Waals surface area contributed by atoms with Crippen molar-refractivity contribution in [3.63, 3.8) is 0 Å². The lowest BCUT2D eigenvalue weighted by molar-refractivity contribution is -0.145. The highest BCUT2D eigenvalue weighted by Gasteiger charge is 2.48. The number of amides is 3. The predicted molar refractivity (Wildman–Crippen MR) is 479 cm³/mol. The molecular formula is C87H114BBr6ClN6O12. The molecule has 0 aromatic rings. The second-order valence-corrected chi connectivity index (χ2v) is 38.2. The summed E-state index contributed by atoms with van der Waals surface area (Å²) < 4.78 is 27.2. The number of carboxylic acids is 1. The summed E-state index contributed by atoms with van der Waals surface area (Å²) in [6.45, 7) is 27.7. The van der Waals surface area contributed by atoms with Crippen molar-refractivity contribution < 1.29 is 57.6 Å². The first kappa shape index (κ1) is 98.0. The average Bonchev–Trinajstić information content (AvgIpc) is 1.67. The molecule has 0 aromatic carbocycles. The van der Waals surface area contributed by atoms with Crippen molar-refractivity contribution in [2.45, 2.75) is 228 Å². The maximum atomic E-state index is 11.6. The highest BCUT2D eigenvalue weighted by Crippen LogP contribution is 2.52. The van der Waals surface area contributed by atoms with Gasteiger partial charge < -0.3 is 40.4 Å². The minimum Gasteiger partial charge on any atom is -0.481 e. The molecule has 3 amide bonds. The van der Waals surface area contributed by atoms with Crippen LogP contribution in [0.15, 0.2) is 197 Å². The fourth-order valence-corrected chi connectivity index (χ4v) is 15.7. The first-order chi connectivity index (χ1) is 53.0. The minimum absolute atomic E-state index is 0. The zero-order valence-corrected chi connectivity index (χ0v) is 77.8. The number of ether oxygens (including phenoxy) is 4. The monoisotopic (exact) mass is 1950 g/mol. The number of alkyl carbamates (subject to hydrolysis) is 2. The molecule has 113 heavy (non-hydrogen) atoms. The Labute approximate surface area is 726 Å². The van der Waals surface area contributed by atoms with Gasteiger partial charge in [-0.25, -0.2) is 14.4 Å². The molecule has 5 N–H and O–H groups in total. The lowest BCUT2D eigenvalue weighted by Crippen LogP contribution is -2.34. The third-order valence-corrected chi connectivity index (χ3v) is 23.3. The fourth-order valence-electron chi connectivity index (χ4n) is 12.9. The lowest BCUT2D eigenvalue weighted by Gasteiger charge is -2.19. The molecule has 0 aliphatic heterocycles. The van der Waals surface area contributed by atoms with Crippen LogP contribution in [0.1, 0.15) is 179 Å². The largest absolute Gasteiger partial charge is 0.481 e. The van der Waals surface area contributed by atoms with Gasteiger partial charge in [-0.1, -0.05) is 284 Å². The summed E-state index contributed by atoms with van der Waals surface area (Å²) in [4.78, 5) is 79.7. The molecule has 0 unspecified atom stereocenters. The van der Waals surface area contributed by atoms with E-state index in [0.717, 1.165) is 131 Å². The number of hydrogen-bond acceptors (Lipinski definition) is 12. The van der Waals surface area contributed by atoms with Crippen LogP contribution in [-0.4, -0.2) is 96.6 Å². The van der Waals surface area contributed by atoms with Gasteiger partial charge in [-0.3, -0.25) is 19.2 Å². The number of nitrogens with zero attached hydrogens (tertiary/aromatic N) is 3. The van der Waals surface area contributed by atoms with Crippen LogP contribution in [0.2, 0.25) is 20.0 Å². The Balaban J connectivity index is 0.000000230. The maximum absolute atomic E-state index is 11.6. The summed E-state index contributed by atoms with van der Waals surface area (Å²) in [5.74, 6) is 1.49. The van der Waals surface area contributed by atoms with Crippen LogP contribution in [0.4, 0.5) is 9.59 Å². The van der Waals surface area contributed by atoms with Crippen LogP contribution in [-0.2, 0) is 42.9 Å². The quantitative estimate of drug-likeness (QED) is 0.0137. The van der Waals surface area contributed by atoms with Crippen LogP contribution >= 0.6 is 108 Å². The molecule has 14 aliphatic carbocycles. The van der Waals surface area contributed by atoms with Gasteiger partial charge in [0.15, 0.2) is 0 Å². The van der Waals surface area contributed by atoms with Crippen LogP contribution < -0.4 is 16.4 Å². The van der Waals surface area contributed by atoms with Gasteiger partial charge in [0, 0.05) is 85.4 Å². The molecular weight excluding hydrogens is 1850 g/mol. The fraction of sp³-hybridized carbons (Fsp3) is 0.529. The van der Waals surface area contributed by atoms with Gasteiger partial charge in [-0.05, 0) is 192 Å². The number of carbonyl (C=O) groups is 7. The molecule has 0 saturated heterocycles. The Kier molecular flexibility index (Phi) is 41.3. The highest BCUT2D eigenvalue weighted by atomic mass is 79.9. The van der Waals surface area contributed by atoms with E-state index in [0.29, 0.717) is 48.8 Å². The Morgan fingerprint density at radius 2 is 0.867 bits per heavy atom. The molecule has 12 atom stereocenters. The van der Waals surface area contributed by atoms with E-state index in [2.05, 4.69) is 199 Å². The molecule has 616 valence electrons. The van der Waals surface area contributed by atoms with Crippen LogP contribution in [0.25, 0.3) is 10.4 Å². The second kappa shape index (κ2) is 47.7. The summed E-state index contributed by atoms with van der Waals surface area (Å²) in [5, 5.41) is 17.7. The maximum Gasteiger partial charge on any atom is 0.407 e. The summed E-state index contributed by atoms with van der Waals surface area (Å²) >= 11 is 20.4.